The van der Waals surface area contributed by atoms with E-state index in [1.54, 1.807) is 0 Å². The monoisotopic (exact) mass is 881 g/mol. The van der Waals surface area contributed by atoms with E-state index in [0.29, 0.717) is 11.5 Å². The molecule has 0 radical (unpaired) electrons. The zero-order valence-electron chi connectivity index (χ0n) is 30.6. The molecule has 4 aromatic carbocycles. The van der Waals surface area contributed by atoms with Gasteiger partial charge in [-0.1, -0.05) is 93.3 Å². The maximum Gasteiger partial charge on any atom is 2.00 e. The van der Waals surface area contributed by atoms with E-state index in [1.165, 1.54) is 44.5 Å². The molecule has 0 aliphatic rings. The van der Waals surface area contributed by atoms with Crippen LogP contribution in [0.15, 0.2) is 97.6 Å². The van der Waals surface area contributed by atoms with Crippen LogP contribution in [0.4, 0.5) is 0 Å². The van der Waals surface area contributed by atoms with Gasteiger partial charge >= 0.3 is 21.1 Å². The second kappa shape index (κ2) is 12.6. The van der Waals surface area contributed by atoms with Gasteiger partial charge in [-0.05, 0) is 86.7 Å². The number of aryl methyl sites for hydroxylation is 6. The third-order valence-corrected chi connectivity index (χ3v) is 10.4. The molecule has 0 saturated carbocycles. The van der Waals surface area contributed by atoms with Crippen LogP contribution in [0.2, 0.25) is 0 Å². The van der Waals surface area contributed by atoms with Gasteiger partial charge in [0.2, 0.25) is 0 Å². The van der Waals surface area contributed by atoms with E-state index in [0.717, 1.165) is 66.3 Å². The van der Waals surface area contributed by atoms with Crippen LogP contribution in [0, 0.1) is 53.7 Å². The number of benzene rings is 4. The van der Waals surface area contributed by atoms with Gasteiger partial charge < -0.3 is 13.5 Å². The molecule has 10 rings (SSSR count). The van der Waals surface area contributed by atoms with Crippen molar-refractivity contribution in [1.29, 1.82) is 0 Å². The average molecular weight is 882 g/mol. The predicted molar refractivity (Wildman–Crippen MR) is 213 cm³/mol. The van der Waals surface area contributed by atoms with Crippen molar-refractivity contribution in [2.75, 3.05) is 0 Å². The van der Waals surface area contributed by atoms with Crippen molar-refractivity contribution in [3.05, 3.63) is 143 Å². The predicted octanol–water partition coefficient (Wildman–Crippen LogP) is 11.0. The molecule has 7 nitrogen and oxygen atoms in total. The molecule has 0 bridgehead atoms. The Morgan fingerprint density at radius 2 is 0.870 bits per heavy atom. The minimum Gasteiger partial charge on any atom is -0.497 e. The van der Waals surface area contributed by atoms with Crippen LogP contribution in [0.1, 0.15) is 33.4 Å². The van der Waals surface area contributed by atoms with Crippen LogP contribution in [0.5, 0.6) is 11.5 Å². The number of aromatic nitrogens is 6. The molecule has 0 aliphatic heterocycles. The van der Waals surface area contributed by atoms with Crippen LogP contribution in [-0.2, 0) is 21.1 Å². The molecule has 6 aromatic heterocycles. The van der Waals surface area contributed by atoms with Crippen molar-refractivity contribution in [1.82, 2.24) is 28.7 Å². The summed E-state index contributed by atoms with van der Waals surface area (Å²) in [5.41, 5.74) is 14.9. The maximum atomic E-state index is 6.48. The van der Waals surface area contributed by atoms with Gasteiger partial charge in [-0.15, -0.1) is 12.1 Å². The van der Waals surface area contributed by atoms with Crippen LogP contribution in [-0.4, -0.2) is 28.7 Å². The first kappa shape index (κ1) is 33.9. The molecule has 0 N–H and O–H groups in total. The Balaban J connectivity index is 0.00000384. The fourth-order valence-corrected chi connectivity index (χ4v) is 8.44. The summed E-state index contributed by atoms with van der Waals surface area (Å²) in [5, 5.41) is 5.79. The van der Waals surface area contributed by atoms with Crippen molar-refractivity contribution in [3.63, 3.8) is 0 Å². The molecule has 10 aromatic rings. The fraction of sp³-hybridized carbons (Fsp3) is 0.130. The first-order valence-corrected chi connectivity index (χ1v) is 17.8. The molecule has 0 saturated heterocycles. The van der Waals surface area contributed by atoms with Gasteiger partial charge in [0.1, 0.15) is 11.3 Å². The molecule has 0 amide bonds. The number of hydrogen-bond acceptors (Lipinski definition) is 5. The summed E-state index contributed by atoms with van der Waals surface area (Å²) >= 11 is 0. The minimum absolute atomic E-state index is 0. The van der Waals surface area contributed by atoms with E-state index < -0.39 is 0 Å². The number of hydrogen-bond donors (Lipinski definition) is 0. The molecule has 264 valence electrons. The normalized spacial score (nSPS) is 11.7. The van der Waals surface area contributed by atoms with E-state index >= 15 is 0 Å². The van der Waals surface area contributed by atoms with E-state index in [9.17, 15) is 0 Å². The van der Waals surface area contributed by atoms with E-state index in [4.69, 9.17) is 24.7 Å². The summed E-state index contributed by atoms with van der Waals surface area (Å²) in [4.78, 5) is 19.9. The number of fused-ring (bicyclic) bond motifs is 12. The Kier molecular flexibility index (Phi) is 7.91. The van der Waals surface area contributed by atoms with Gasteiger partial charge in [0.15, 0.2) is 0 Å². The molecule has 0 fully saturated rings. The number of pyridine rings is 4. The zero-order valence-corrected chi connectivity index (χ0v) is 32.9. The zero-order chi connectivity index (χ0) is 36.1. The molecule has 0 atom stereocenters. The van der Waals surface area contributed by atoms with Crippen molar-refractivity contribution >= 4 is 54.9 Å². The summed E-state index contributed by atoms with van der Waals surface area (Å²) in [7, 11) is 0. The molecular weight excluding hydrogens is 848 g/mol. The van der Waals surface area contributed by atoms with Crippen molar-refractivity contribution in [2.45, 2.75) is 41.5 Å². The first-order chi connectivity index (χ1) is 25.7. The van der Waals surface area contributed by atoms with Crippen LogP contribution in [0.25, 0.3) is 77.4 Å². The second-order valence-corrected chi connectivity index (χ2v) is 14.2. The summed E-state index contributed by atoms with van der Waals surface area (Å²) < 4.78 is 10.6. The van der Waals surface area contributed by atoms with Gasteiger partial charge in [-0.2, -0.15) is 0 Å². The quantitative estimate of drug-likeness (QED) is 0.130. The largest absolute Gasteiger partial charge is 2.00 e. The van der Waals surface area contributed by atoms with E-state index in [2.05, 4.69) is 114 Å². The number of ether oxygens (including phenoxy) is 1. The maximum absolute atomic E-state index is 6.48. The van der Waals surface area contributed by atoms with Crippen LogP contribution in [0.3, 0.4) is 0 Å². The van der Waals surface area contributed by atoms with Crippen molar-refractivity contribution < 1.29 is 25.8 Å². The molecular formula is C46H34N6OPt. The average Bonchev–Trinajstić information content (AvgIpc) is 3.83. The Hall–Kier alpha value is -5.91. The van der Waals surface area contributed by atoms with Gasteiger partial charge in [-0.25, -0.2) is 9.97 Å². The third kappa shape index (κ3) is 5.21. The van der Waals surface area contributed by atoms with Crippen LogP contribution >= 0.6 is 0 Å². The van der Waals surface area contributed by atoms with Gasteiger partial charge in [0.05, 0.1) is 22.7 Å². The van der Waals surface area contributed by atoms with Gasteiger partial charge in [0, 0.05) is 47.4 Å². The summed E-state index contributed by atoms with van der Waals surface area (Å²) in [6.45, 7) is 12.9. The fourth-order valence-electron chi connectivity index (χ4n) is 8.44. The molecule has 6 heterocycles. The second-order valence-electron chi connectivity index (χ2n) is 14.2. The van der Waals surface area contributed by atoms with Crippen molar-refractivity contribution in [2.24, 2.45) is 0 Å². The van der Waals surface area contributed by atoms with Gasteiger partial charge in [0.25, 0.3) is 0 Å². The number of nitrogens with zero attached hydrogens (tertiary/aromatic N) is 6. The molecule has 0 spiro atoms. The molecule has 8 heteroatoms. The SMILES string of the molecule is Cc1cc(C)c(-c2ccc3c4ccc(Oc5[c-]c6c(cc5)c5ccc(-c7c(C)cc(C)cc7C)nc5n5ccnc65)[c-]c4c4nccn4c3n2)c(C)c1.[Pt+2]. The van der Waals surface area contributed by atoms with Crippen LogP contribution < -0.4 is 4.74 Å². The number of rotatable bonds is 4. The summed E-state index contributed by atoms with van der Waals surface area (Å²) in [6.07, 6.45) is 7.54. The Morgan fingerprint density at radius 3 is 1.28 bits per heavy atom. The molecule has 54 heavy (non-hydrogen) atoms. The molecule has 0 unspecified atom stereocenters. The Morgan fingerprint density at radius 1 is 0.481 bits per heavy atom. The standard InChI is InChI=1S/C46H34N6O.Pt/c1-25-19-27(3)41(28(4)20-25)39-13-11-35-33-9-7-31(23-37(33)43-47-15-17-51(43)45(35)49-39)53-32-8-10-34-36-12-14-40(42-29(5)21-26(2)22-30(42)6)50-46(36)52-18-16-48-44(52)38(34)24-32;/h7-22H,1-6H3;/q-2;+2. The third-order valence-electron chi connectivity index (χ3n) is 10.4. The van der Waals surface area contributed by atoms with E-state index in [1.807, 2.05) is 45.7 Å². The topological polar surface area (TPSA) is 69.6 Å². The van der Waals surface area contributed by atoms with E-state index in [-0.39, 0.29) is 21.1 Å². The van der Waals surface area contributed by atoms with Crippen molar-refractivity contribution in [3.8, 4) is 34.0 Å². The Bertz CT molecular complexity index is 2920. The summed E-state index contributed by atoms with van der Waals surface area (Å²) in [6, 6.07) is 32.5. The smallest absolute Gasteiger partial charge is 0.497 e. The first-order valence-electron chi connectivity index (χ1n) is 17.8. The number of imidazole rings is 2. The Labute approximate surface area is 326 Å². The van der Waals surface area contributed by atoms with Gasteiger partial charge in [-0.3, -0.25) is 9.97 Å². The minimum atomic E-state index is 0. The summed E-state index contributed by atoms with van der Waals surface area (Å²) in [5.74, 6) is 1.14. The molecule has 0 aliphatic carbocycles.